The van der Waals surface area contributed by atoms with E-state index in [9.17, 15) is 14.9 Å². The number of hydrogen-bond acceptors (Lipinski definition) is 5. The van der Waals surface area contributed by atoms with Crippen LogP contribution < -0.4 is 4.74 Å². The average molecular weight is 329 g/mol. The van der Waals surface area contributed by atoms with Gasteiger partial charge in [-0.2, -0.15) is 0 Å². The maximum Gasteiger partial charge on any atom is 0.337 e. The molecular weight excluding hydrogens is 323 g/mol. The molecule has 7 nitrogen and oxygen atoms in total. The van der Waals surface area contributed by atoms with E-state index in [0.29, 0.717) is 0 Å². The molecule has 21 heavy (non-hydrogen) atoms. The SMILES string of the molecule is O=C(O)c1ccnc(Oc2c(Cl)cccc2[N+](=O)[O-])c1Cl. The van der Waals surface area contributed by atoms with E-state index in [4.69, 9.17) is 33.0 Å². The van der Waals surface area contributed by atoms with E-state index in [2.05, 4.69) is 4.98 Å². The number of carboxylic acids is 1. The van der Waals surface area contributed by atoms with Crippen molar-refractivity contribution in [1.82, 2.24) is 4.98 Å². The van der Waals surface area contributed by atoms with Crippen molar-refractivity contribution in [3.05, 3.63) is 56.2 Å². The summed E-state index contributed by atoms with van der Waals surface area (Å²) in [4.78, 5) is 25.0. The Bertz CT molecular complexity index is 736. The Labute approximate surface area is 127 Å². The zero-order valence-corrected chi connectivity index (χ0v) is 11.6. The molecule has 0 radical (unpaired) electrons. The number of hydrogen-bond donors (Lipinski definition) is 1. The van der Waals surface area contributed by atoms with Gasteiger partial charge in [-0.3, -0.25) is 10.1 Å². The summed E-state index contributed by atoms with van der Waals surface area (Å²) in [5, 5.41) is 19.6. The third kappa shape index (κ3) is 3.04. The molecule has 108 valence electrons. The number of halogens is 2. The predicted octanol–water partition coefficient (Wildman–Crippen LogP) is 3.79. The van der Waals surface area contributed by atoms with Crippen LogP contribution in [0.3, 0.4) is 0 Å². The van der Waals surface area contributed by atoms with Gasteiger partial charge in [0.15, 0.2) is 0 Å². The largest absolute Gasteiger partial charge is 0.478 e. The zero-order valence-electron chi connectivity index (χ0n) is 10.1. The predicted molar refractivity (Wildman–Crippen MR) is 74.4 cm³/mol. The van der Waals surface area contributed by atoms with Crippen molar-refractivity contribution in [3.8, 4) is 11.6 Å². The Morgan fingerprint density at radius 2 is 2.05 bits per heavy atom. The maximum atomic E-state index is 11.0. The number of nitro groups is 1. The fourth-order valence-corrected chi connectivity index (χ4v) is 1.94. The van der Waals surface area contributed by atoms with E-state index in [0.717, 1.165) is 6.20 Å². The highest BCUT2D eigenvalue weighted by atomic mass is 35.5. The molecule has 0 bridgehead atoms. The summed E-state index contributed by atoms with van der Waals surface area (Å²) >= 11 is 11.7. The van der Waals surface area contributed by atoms with E-state index in [1.54, 1.807) is 0 Å². The van der Waals surface area contributed by atoms with Gasteiger partial charge in [0.05, 0.1) is 15.5 Å². The first-order valence-electron chi connectivity index (χ1n) is 5.40. The van der Waals surface area contributed by atoms with Gasteiger partial charge >= 0.3 is 11.7 Å². The second-order valence-corrected chi connectivity index (χ2v) is 4.52. The number of nitrogens with zero attached hydrogens (tertiary/aromatic N) is 2. The first-order valence-corrected chi connectivity index (χ1v) is 6.16. The van der Waals surface area contributed by atoms with Crippen molar-refractivity contribution in [1.29, 1.82) is 0 Å². The molecule has 2 rings (SSSR count). The number of aromatic carboxylic acids is 1. The van der Waals surface area contributed by atoms with Crippen LogP contribution in [0.15, 0.2) is 30.5 Å². The normalized spacial score (nSPS) is 10.2. The molecule has 0 atom stereocenters. The lowest BCUT2D eigenvalue weighted by Gasteiger charge is -2.09. The Hall–Kier alpha value is -2.38. The molecule has 0 saturated heterocycles. The molecule has 0 aliphatic carbocycles. The number of ether oxygens (including phenoxy) is 1. The van der Waals surface area contributed by atoms with E-state index >= 15 is 0 Å². The van der Waals surface area contributed by atoms with Crippen LogP contribution in [-0.2, 0) is 0 Å². The summed E-state index contributed by atoms with van der Waals surface area (Å²) in [6, 6.07) is 5.14. The number of carboxylic acid groups (broad SMARTS) is 1. The van der Waals surface area contributed by atoms with Crippen LogP contribution in [0.5, 0.6) is 11.6 Å². The molecule has 0 unspecified atom stereocenters. The second kappa shape index (κ2) is 5.94. The highest BCUT2D eigenvalue weighted by molar-refractivity contribution is 6.35. The van der Waals surface area contributed by atoms with Crippen molar-refractivity contribution in [3.63, 3.8) is 0 Å². The van der Waals surface area contributed by atoms with Crippen molar-refractivity contribution in [2.75, 3.05) is 0 Å². The first-order chi connectivity index (χ1) is 9.91. The Morgan fingerprint density at radius 3 is 2.67 bits per heavy atom. The summed E-state index contributed by atoms with van der Waals surface area (Å²) in [5.41, 5.74) is -0.627. The molecule has 0 amide bonds. The van der Waals surface area contributed by atoms with Crippen molar-refractivity contribution >= 4 is 34.9 Å². The molecule has 1 aromatic carbocycles. The van der Waals surface area contributed by atoms with Crippen LogP contribution in [-0.4, -0.2) is 21.0 Å². The molecule has 0 fully saturated rings. The summed E-state index contributed by atoms with van der Waals surface area (Å²) in [5.74, 6) is -1.82. The van der Waals surface area contributed by atoms with Crippen LogP contribution in [0.1, 0.15) is 10.4 Å². The first kappa shape index (κ1) is 15.0. The van der Waals surface area contributed by atoms with Crippen LogP contribution >= 0.6 is 23.2 Å². The van der Waals surface area contributed by atoms with Gasteiger partial charge in [0.2, 0.25) is 11.6 Å². The molecule has 0 saturated carbocycles. The molecule has 0 spiro atoms. The number of carbonyl (C=O) groups is 1. The van der Waals surface area contributed by atoms with Crippen molar-refractivity contribution < 1.29 is 19.6 Å². The lowest BCUT2D eigenvalue weighted by atomic mass is 10.2. The van der Waals surface area contributed by atoms with Crippen LogP contribution in [0.4, 0.5) is 5.69 Å². The van der Waals surface area contributed by atoms with E-state index in [-0.39, 0.29) is 32.9 Å². The standard InChI is InChI=1S/C12H6Cl2N2O5/c13-7-2-1-3-8(16(19)20)10(7)21-11-9(14)6(12(17)18)4-5-15-11/h1-5H,(H,17,18). The van der Waals surface area contributed by atoms with Crippen molar-refractivity contribution in [2.45, 2.75) is 0 Å². The number of pyridine rings is 1. The molecule has 9 heteroatoms. The Morgan fingerprint density at radius 1 is 1.33 bits per heavy atom. The highest BCUT2D eigenvalue weighted by Crippen LogP contribution is 2.39. The van der Waals surface area contributed by atoms with Gasteiger partial charge in [-0.05, 0) is 12.1 Å². The molecular formula is C12H6Cl2N2O5. The Kier molecular flexibility index (Phi) is 4.25. The van der Waals surface area contributed by atoms with E-state index in [1.165, 1.54) is 24.3 Å². The quantitative estimate of drug-likeness (QED) is 0.676. The number of nitro benzene ring substituents is 1. The van der Waals surface area contributed by atoms with Crippen LogP contribution in [0.2, 0.25) is 10.0 Å². The minimum absolute atomic E-state index is 0.0252. The van der Waals surface area contributed by atoms with Gasteiger partial charge in [-0.15, -0.1) is 0 Å². The second-order valence-electron chi connectivity index (χ2n) is 3.73. The molecule has 0 aliphatic heterocycles. The smallest absolute Gasteiger partial charge is 0.337 e. The van der Waals surface area contributed by atoms with Crippen LogP contribution in [0.25, 0.3) is 0 Å². The van der Waals surface area contributed by atoms with Crippen LogP contribution in [0, 0.1) is 10.1 Å². The summed E-state index contributed by atoms with van der Waals surface area (Å²) in [6.07, 6.45) is 1.16. The molecule has 1 N–H and O–H groups in total. The monoisotopic (exact) mass is 328 g/mol. The van der Waals surface area contributed by atoms with E-state index in [1.807, 2.05) is 0 Å². The number of benzene rings is 1. The minimum Gasteiger partial charge on any atom is -0.478 e. The summed E-state index contributed by atoms with van der Waals surface area (Å²) < 4.78 is 5.24. The number of aromatic nitrogens is 1. The lowest BCUT2D eigenvalue weighted by Crippen LogP contribution is -2.01. The highest BCUT2D eigenvalue weighted by Gasteiger charge is 2.22. The van der Waals surface area contributed by atoms with Gasteiger partial charge in [-0.25, -0.2) is 9.78 Å². The maximum absolute atomic E-state index is 11.0. The zero-order chi connectivity index (χ0) is 15.6. The van der Waals surface area contributed by atoms with Crippen molar-refractivity contribution in [2.24, 2.45) is 0 Å². The minimum atomic E-state index is -1.28. The molecule has 1 aromatic heterocycles. The summed E-state index contributed by atoms with van der Waals surface area (Å²) in [7, 11) is 0. The fourth-order valence-electron chi connectivity index (χ4n) is 1.50. The number of rotatable bonds is 4. The average Bonchev–Trinajstić information content (AvgIpc) is 2.42. The Balaban J connectivity index is 2.51. The lowest BCUT2D eigenvalue weighted by molar-refractivity contribution is -0.385. The van der Waals surface area contributed by atoms with E-state index < -0.39 is 10.9 Å². The third-order valence-electron chi connectivity index (χ3n) is 2.43. The molecule has 0 aliphatic rings. The van der Waals surface area contributed by atoms with Gasteiger partial charge in [0, 0.05) is 12.3 Å². The van der Waals surface area contributed by atoms with Gasteiger partial charge in [0.25, 0.3) is 0 Å². The van der Waals surface area contributed by atoms with Gasteiger partial charge in [-0.1, -0.05) is 29.3 Å². The summed E-state index contributed by atoms with van der Waals surface area (Å²) in [6.45, 7) is 0. The molecule has 2 aromatic rings. The number of para-hydroxylation sites is 1. The topological polar surface area (TPSA) is 103 Å². The third-order valence-corrected chi connectivity index (χ3v) is 3.09. The molecule has 1 heterocycles. The van der Waals surface area contributed by atoms with Gasteiger partial charge in [0.1, 0.15) is 5.02 Å². The fraction of sp³-hybridized carbons (Fsp3) is 0. The van der Waals surface area contributed by atoms with Gasteiger partial charge < -0.3 is 9.84 Å².